The Morgan fingerprint density at radius 1 is 1.33 bits per heavy atom. The van der Waals surface area contributed by atoms with Crippen LogP contribution in [0.3, 0.4) is 0 Å². The average Bonchev–Trinajstić information content (AvgIpc) is 2.90. The van der Waals surface area contributed by atoms with E-state index in [2.05, 4.69) is 22.2 Å². The molecule has 0 aliphatic heterocycles. The lowest BCUT2D eigenvalue weighted by Crippen LogP contribution is -2.26. The van der Waals surface area contributed by atoms with Crippen molar-refractivity contribution in [3.8, 4) is 0 Å². The third kappa shape index (κ3) is 2.46. The van der Waals surface area contributed by atoms with Crippen molar-refractivity contribution in [3.63, 3.8) is 0 Å². The summed E-state index contributed by atoms with van der Waals surface area (Å²) in [5.41, 5.74) is 0. The van der Waals surface area contributed by atoms with Crippen molar-refractivity contribution in [2.45, 2.75) is 51.5 Å². The molecule has 2 aliphatic carbocycles. The van der Waals surface area contributed by atoms with Crippen LogP contribution in [0.4, 0.5) is 5.82 Å². The Morgan fingerprint density at radius 2 is 2.22 bits per heavy atom. The number of fused-ring (bicyclic) bond motifs is 2. The van der Waals surface area contributed by atoms with Gasteiger partial charge in [-0.2, -0.15) is 0 Å². The highest BCUT2D eigenvalue weighted by atomic mass is 35.5. The highest BCUT2D eigenvalue weighted by Crippen LogP contribution is 2.45. The van der Waals surface area contributed by atoms with Gasteiger partial charge < -0.3 is 5.32 Å². The maximum absolute atomic E-state index is 6.06. The normalized spacial score (nSPS) is 29.8. The van der Waals surface area contributed by atoms with Gasteiger partial charge in [0.05, 0.1) is 0 Å². The molecule has 0 amide bonds. The number of anilines is 1. The van der Waals surface area contributed by atoms with Gasteiger partial charge in [-0.1, -0.05) is 24.9 Å². The zero-order valence-corrected chi connectivity index (χ0v) is 11.6. The molecule has 0 saturated heterocycles. The summed E-state index contributed by atoms with van der Waals surface area (Å²) in [5, 5.41) is 4.13. The Balaban J connectivity index is 1.72. The molecule has 0 radical (unpaired) electrons. The molecule has 3 atom stereocenters. The fraction of sp³-hybridized carbons (Fsp3) is 0.714. The second kappa shape index (κ2) is 5.04. The second-order valence-corrected chi connectivity index (χ2v) is 6.06. The van der Waals surface area contributed by atoms with Crippen LogP contribution in [0.25, 0.3) is 0 Å². The van der Waals surface area contributed by atoms with Crippen LogP contribution in [-0.4, -0.2) is 16.0 Å². The van der Waals surface area contributed by atoms with E-state index in [1.165, 1.54) is 25.7 Å². The molecule has 3 rings (SSSR count). The Kier molecular flexibility index (Phi) is 3.42. The zero-order valence-electron chi connectivity index (χ0n) is 10.8. The lowest BCUT2D eigenvalue weighted by atomic mass is 9.95. The predicted molar refractivity (Wildman–Crippen MR) is 73.9 cm³/mol. The van der Waals surface area contributed by atoms with Gasteiger partial charge in [-0.15, -0.1) is 0 Å². The first-order valence-corrected chi connectivity index (χ1v) is 7.42. The maximum atomic E-state index is 6.06. The minimum absolute atomic E-state index is 0.555. The van der Waals surface area contributed by atoms with Crippen LogP contribution < -0.4 is 5.32 Å². The molecule has 1 N–H and O–H groups in total. The lowest BCUT2D eigenvalue weighted by molar-refractivity contribution is 0.439. The van der Waals surface area contributed by atoms with Crippen LogP contribution in [0.2, 0.25) is 5.15 Å². The highest BCUT2D eigenvalue weighted by Gasteiger charge is 2.39. The van der Waals surface area contributed by atoms with Gasteiger partial charge >= 0.3 is 0 Å². The lowest BCUT2D eigenvalue weighted by Gasteiger charge is -2.23. The molecule has 1 aromatic heterocycles. The first kappa shape index (κ1) is 12.2. The van der Waals surface area contributed by atoms with E-state index < -0.39 is 0 Å². The SMILES string of the molecule is CCCc1nc(Cl)cc(NC2CC3CCC2C3)n1. The van der Waals surface area contributed by atoms with Crippen LogP contribution in [0.1, 0.15) is 44.9 Å². The summed E-state index contributed by atoms with van der Waals surface area (Å²) in [6.45, 7) is 2.13. The number of nitrogens with one attached hydrogen (secondary N) is 1. The highest BCUT2D eigenvalue weighted by molar-refractivity contribution is 6.29. The van der Waals surface area contributed by atoms with E-state index in [1.54, 1.807) is 0 Å². The monoisotopic (exact) mass is 265 g/mol. The fourth-order valence-electron chi connectivity index (χ4n) is 3.49. The second-order valence-electron chi connectivity index (χ2n) is 5.67. The topological polar surface area (TPSA) is 37.8 Å². The van der Waals surface area contributed by atoms with Crippen LogP contribution in [0, 0.1) is 11.8 Å². The Morgan fingerprint density at radius 3 is 2.89 bits per heavy atom. The van der Waals surface area contributed by atoms with E-state index in [0.29, 0.717) is 11.2 Å². The van der Waals surface area contributed by atoms with Crippen LogP contribution in [-0.2, 0) is 6.42 Å². The quantitative estimate of drug-likeness (QED) is 0.844. The van der Waals surface area contributed by atoms with Crippen LogP contribution >= 0.6 is 11.6 Å². The minimum atomic E-state index is 0.555. The molecule has 0 aromatic carbocycles. The Hall–Kier alpha value is -0.830. The van der Waals surface area contributed by atoms with E-state index in [9.17, 15) is 0 Å². The van der Waals surface area contributed by atoms with Gasteiger partial charge in [0.15, 0.2) is 0 Å². The zero-order chi connectivity index (χ0) is 12.5. The summed E-state index contributed by atoms with van der Waals surface area (Å²) >= 11 is 6.06. The van der Waals surface area contributed by atoms with Crippen molar-refractivity contribution in [1.29, 1.82) is 0 Å². The molecule has 4 heteroatoms. The van der Waals surface area contributed by atoms with E-state index in [-0.39, 0.29) is 0 Å². The van der Waals surface area contributed by atoms with Crippen molar-refractivity contribution in [3.05, 3.63) is 17.0 Å². The largest absolute Gasteiger partial charge is 0.367 e. The first-order valence-electron chi connectivity index (χ1n) is 7.04. The summed E-state index contributed by atoms with van der Waals surface area (Å²) in [5.74, 6) is 3.56. The number of rotatable bonds is 4. The third-order valence-corrected chi connectivity index (χ3v) is 4.48. The summed E-state index contributed by atoms with van der Waals surface area (Å²) in [4.78, 5) is 8.82. The number of nitrogens with zero attached hydrogens (tertiary/aromatic N) is 2. The molecule has 3 unspecified atom stereocenters. The molecule has 1 heterocycles. The molecule has 1 aromatic rings. The standard InChI is InChI=1S/C14H20ClN3/c1-2-3-13-17-12(15)8-14(18-13)16-11-7-9-4-5-10(11)6-9/h8-11H,2-7H2,1H3,(H,16,17,18). The molecule has 2 saturated carbocycles. The summed E-state index contributed by atoms with van der Waals surface area (Å²) in [7, 11) is 0. The summed E-state index contributed by atoms with van der Waals surface area (Å²) in [6, 6.07) is 2.45. The van der Waals surface area contributed by atoms with E-state index >= 15 is 0 Å². The molecule has 0 spiro atoms. The average molecular weight is 266 g/mol. The van der Waals surface area contributed by atoms with Gasteiger partial charge in [-0.25, -0.2) is 9.97 Å². The van der Waals surface area contributed by atoms with Crippen molar-refractivity contribution >= 4 is 17.4 Å². The van der Waals surface area contributed by atoms with Crippen LogP contribution in [0.5, 0.6) is 0 Å². The first-order chi connectivity index (χ1) is 8.74. The number of aromatic nitrogens is 2. The minimum Gasteiger partial charge on any atom is -0.367 e. The number of hydrogen-bond acceptors (Lipinski definition) is 3. The molecule has 2 aliphatic rings. The van der Waals surface area contributed by atoms with Crippen molar-refractivity contribution in [1.82, 2.24) is 9.97 Å². The van der Waals surface area contributed by atoms with Gasteiger partial charge in [0.1, 0.15) is 16.8 Å². The van der Waals surface area contributed by atoms with Gasteiger partial charge in [0.25, 0.3) is 0 Å². The molecule has 18 heavy (non-hydrogen) atoms. The Labute approximate surface area is 113 Å². The van der Waals surface area contributed by atoms with Crippen molar-refractivity contribution < 1.29 is 0 Å². The summed E-state index contributed by atoms with van der Waals surface area (Å²) in [6.07, 6.45) is 7.45. The molecular weight excluding hydrogens is 246 g/mol. The van der Waals surface area contributed by atoms with Gasteiger partial charge in [0.2, 0.25) is 0 Å². The number of hydrogen-bond donors (Lipinski definition) is 1. The van der Waals surface area contributed by atoms with Crippen molar-refractivity contribution in [2.24, 2.45) is 11.8 Å². The van der Waals surface area contributed by atoms with Gasteiger partial charge in [0, 0.05) is 18.5 Å². The maximum Gasteiger partial charge on any atom is 0.134 e. The summed E-state index contributed by atoms with van der Waals surface area (Å²) < 4.78 is 0. The molecule has 2 bridgehead atoms. The predicted octanol–water partition coefficient (Wildman–Crippen LogP) is 3.68. The van der Waals surface area contributed by atoms with Gasteiger partial charge in [-0.3, -0.25) is 0 Å². The van der Waals surface area contributed by atoms with Crippen molar-refractivity contribution in [2.75, 3.05) is 5.32 Å². The number of halogens is 1. The smallest absolute Gasteiger partial charge is 0.134 e. The van der Waals surface area contributed by atoms with Crippen LogP contribution in [0.15, 0.2) is 6.07 Å². The molecular formula is C14H20ClN3. The Bertz CT molecular complexity index is 435. The van der Waals surface area contributed by atoms with Gasteiger partial charge in [-0.05, 0) is 37.5 Å². The number of aryl methyl sites for hydroxylation is 1. The van der Waals surface area contributed by atoms with E-state index in [1.807, 2.05) is 6.07 Å². The molecule has 98 valence electrons. The third-order valence-electron chi connectivity index (χ3n) is 4.29. The molecule has 3 nitrogen and oxygen atoms in total. The van der Waals surface area contributed by atoms with E-state index in [4.69, 9.17) is 11.6 Å². The molecule has 2 fully saturated rings. The van der Waals surface area contributed by atoms with E-state index in [0.717, 1.165) is 36.3 Å². The fourth-order valence-corrected chi connectivity index (χ4v) is 3.69.